The number of methoxy groups -OCH3 is 1. The fourth-order valence-corrected chi connectivity index (χ4v) is 7.60. The van der Waals surface area contributed by atoms with Crippen LogP contribution in [0, 0.1) is 28.6 Å². The van der Waals surface area contributed by atoms with Gasteiger partial charge in [-0.2, -0.15) is 0 Å². The van der Waals surface area contributed by atoms with Crippen molar-refractivity contribution in [2.24, 2.45) is 28.6 Å². The maximum absolute atomic E-state index is 15.5. The van der Waals surface area contributed by atoms with Crippen LogP contribution < -0.4 is 0 Å². The van der Waals surface area contributed by atoms with Crippen LogP contribution in [0.2, 0.25) is 0 Å². The third-order valence-electron chi connectivity index (χ3n) is 9.05. The Balaban J connectivity index is 1.73. The first-order valence-corrected chi connectivity index (χ1v) is 12.3. The summed E-state index contributed by atoms with van der Waals surface area (Å²) in [5.74, 6) is -1.96. The van der Waals surface area contributed by atoms with Gasteiger partial charge in [0.05, 0.1) is 19.8 Å². The predicted molar refractivity (Wildman–Crippen MR) is 122 cm³/mol. The van der Waals surface area contributed by atoms with E-state index in [9.17, 15) is 24.3 Å². The molecule has 0 heterocycles. The SMILES string of the molecule is CCOC(=O)O[C@]1(C(=O)COC(=O)OC)CC[C@H]2[C@@H]3C[C@H](F)C4=CC(=O)C=C[C@]4(C)[C@H]3C(O)C[C@@]21C. The lowest BCUT2D eigenvalue weighted by Crippen LogP contribution is -2.64. The molecule has 0 aromatic carbocycles. The van der Waals surface area contributed by atoms with E-state index in [1.165, 1.54) is 12.2 Å². The number of fused-ring (bicyclic) bond motifs is 5. The molecule has 0 amide bonds. The molecule has 198 valence electrons. The number of halogens is 1. The first-order chi connectivity index (χ1) is 16.9. The lowest BCUT2D eigenvalue weighted by molar-refractivity contribution is -0.186. The maximum Gasteiger partial charge on any atom is 0.509 e. The molecule has 4 aliphatic carbocycles. The van der Waals surface area contributed by atoms with Crippen molar-refractivity contribution in [3.8, 4) is 0 Å². The standard InChI is InChI=1S/C26H33FO9/c1-5-34-23(32)36-26(20(30)13-35-22(31)33-4)9-7-16-15-11-18(27)17-10-14(28)6-8-24(17,2)21(15)19(29)12-25(16,26)3/h6,8,10,15-16,18-19,21,29H,5,7,9,11-13H2,1-4H3/t15-,16-,18-,19?,21+,24-,25-,26-/m0/s1. The van der Waals surface area contributed by atoms with Crippen molar-refractivity contribution in [3.63, 3.8) is 0 Å². The van der Waals surface area contributed by atoms with Crippen LogP contribution >= 0.6 is 0 Å². The molecule has 9 nitrogen and oxygen atoms in total. The second-order valence-corrected chi connectivity index (χ2v) is 10.6. The van der Waals surface area contributed by atoms with E-state index in [-0.39, 0.29) is 43.5 Å². The minimum Gasteiger partial charge on any atom is -0.438 e. The summed E-state index contributed by atoms with van der Waals surface area (Å²) in [5.41, 5.74) is -3.32. The summed E-state index contributed by atoms with van der Waals surface area (Å²) >= 11 is 0. The predicted octanol–water partition coefficient (Wildman–Crippen LogP) is 3.48. The van der Waals surface area contributed by atoms with Gasteiger partial charge in [0, 0.05) is 16.7 Å². The van der Waals surface area contributed by atoms with Crippen molar-refractivity contribution in [1.82, 2.24) is 0 Å². The summed E-state index contributed by atoms with van der Waals surface area (Å²) in [6, 6.07) is 0. The molecular weight excluding hydrogens is 475 g/mol. The summed E-state index contributed by atoms with van der Waals surface area (Å²) in [6.07, 6.45) is 0.662. The average molecular weight is 509 g/mol. The molecule has 4 aliphatic rings. The number of aliphatic hydroxyl groups is 1. The molecule has 0 spiro atoms. The van der Waals surface area contributed by atoms with Crippen LogP contribution in [0.1, 0.15) is 46.5 Å². The molecule has 36 heavy (non-hydrogen) atoms. The summed E-state index contributed by atoms with van der Waals surface area (Å²) in [7, 11) is 1.11. The number of hydrogen-bond donors (Lipinski definition) is 1. The Morgan fingerprint density at radius 2 is 1.92 bits per heavy atom. The molecule has 0 radical (unpaired) electrons. The highest BCUT2D eigenvalue weighted by Gasteiger charge is 2.71. The number of aliphatic hydroxyl groups excluding tert-OH is 1. The van der Waals surface area contributed by atoms with Gasteiger partial charge in [0.15, 0.2) is 18.0 Å². The average Bonchev–Trinajstić information content (AvgIpc) is 3.10. The van der Waals surface area contributed by atoms with Crippen LogP contribution in [0.3, 0.4) is 0 Å². The lowest BCUT2D eigenvalue weighted by Gasteiger charge is -2.60. The zero-order valence-electron chi connectivity index (χ0n) is 21.0. The topological polar surface area (TPSA) is 125 Å². The number of hydrogen-bond acceptors (Lipinski definition) is 9. The molecule has 3 saturated carbocycles. The summed E-state index contributed by atoms with van der Waals surface area (Å²) in [5, 5.41) is 11.5. The van der Waals surface area contributed by atoms with E-state index in [2.05, 4.69) is 4.74 Å². The van der Waals surface area contributed by atoms with Gasteiger partial charge in [0.2, 0.25) is 5.78 Å². The van der Waals surface area contributed by atoms with Gasteiger partial charge >= 0.3 is 12.3 Å². The van der Waals surface area contributed by atoms with Gasteiger partial charge < -0.3 is 24.1 Å². The molecule has 3 fully saturated rings. The molecule has 1 unspecified atom stereocenters. The van der Waals surface area contributed by atoms with Crippen molar-refractivity contribution in [3.05, 3.63) is 23.8 Å². The number of ether oxygens (including phenoxy) is 4. The minimum absolute atomic E-state index is 0.0251. The zero-order valence-corrected chi connectivity index (χ0v) is 21.0. The Hall–Kier alpha value is -2.75. The molecule has 8 atom stereocenters. The van der Waals surface area contributed by atoms with E-state index in [1.54, 1.807) is 19.9 Å². The van der Waals surface area contributed by atoms with Gasteiger partial charge in [-0.05, 0) is 62.2 Å². The van der Waals surface area contributed by atoms with Crippen molar-refractivity contribution in [2.75, 3.05) is 20.3 Å². The Morgan fingerprint density at radius 1 is 1.19 bits per heavy atom. The molecule has 0 aromatic rings. The maximum atomic E-state index is 15.5. The number of rotatable bonds is 5. The van der Waals surface area contributed by atoms with Crippen LogP contribution in [-0.4, -0.2) is 67.2 Å². The third kappa shape index (κ3) is 3.84. The fraction of sp³-hybridized carbons (Fsp3) is 0.692. The second kappa shape index (κ2) is 9.28. The van der Waals surface area contributed by atoms with E-state index in [4.69, 9.17) is 14.2 Å². The van der Waals surface area contributed by atoms with E-state index < -0.39 is 59.3 Å². The monoisotopic (exact) mass is 508 g/mol. The fourth-order valence-electron chi connectivity index (χ4n) is 7.60. The molecule has 0 saturated heterocycles. The van der Waals surface area contributed by atoms with Crippen LogP contribution in [0.4, 0.5) is 14.0 Å². The highest BCUT2D eigenvalue weighted by atomic mass is 19.1. The first-order valence-electron chi connectivity index (χ1n) is 12.3. The Morgan fingerprint density at radius 3 is 2.58 bits per heavy atom. The normalized spacial score (nSPS) is 40.8. The third-order valence-corrected chi connectivity index (χ3v) is 9.05. The molecule has 0 aromatic heterocycles. The highest BCUT2D eigenvalue weighted by Crippen LogP contribution is 2.68. The number of alkyl halides is 1. The summed E-state index contributed by atoms with van der Waals surface area (Å²) in [6.45, 7) is 4.53. The van der Waals surface area contributed by atoms with Gasteiger partial charge in [0.1, 0.15) is 6.17 Å². The molecule has 0 aliphatic heterocycles. The number of Topliss-reactive ketones (excluding diaryl/α,β-unsaturated/α-hetero) is 1. The second-order valence-electron chi connectivity index (χ2n) is 10.6. The van der Waals surface area contributed by atoms with Gasteiger partial charge in [-0.25, -0.2) is 14.0 Å². The molecule has 10 heteroatoms. The first kappa shape index (κ1) is 26.3. The Labute approximate surface area is 209 Å². The molecular formula is C26H33FO9. The minimum atomic E-state index is -1.74. The van der Waals surface area contributed by atoms with Crippen LogP contribution in [-0.2, 0) is 28.5 Å². The van der Waals surface area contributed by atoms with E-state index >= 15 is 4.39 Å². The number of carbonyl (C=O) groups is 4. The van der Waals surface area contributed by atoms with Gasteiger partial charge in [-0.1, -0.05) is 19.9 Å². The van der Waals surface area contributed by atoms with Gasteiger partial charge in [-0.15, -0.1) is 0 Å². The number of ketones is 2. The van der Waals surface area contributed by atoms with Gasteiger partial charge in [-0.3, -0.25) is 9.59 Å². The van der Waals surface area contributed by atoms with Crippen molar-refractivity contribution < 1.29 is 47.6 Å². The number of allylic oxidation sites excluding steroid dienone is 4. The Bertz CT molecular complexity index is 1020. The largest absolute Gasteiger partial charge is 0.509 e. The number of carbonyl (C=O) groups excluding carboxylic acids is 4. The van der Waals surface area contributed by atoms with Crippen molar-refractivity contribution in [1.29, 1.82) is 0 Å². The lowest BCUT2D eigenvalue weighted by atomic mass is 9.46. The van der Waals surface area contributed by atoms with Crippen molar-refractivity contribution >= 4 is 23.9 Å². The van der Waals surface area contributed by atoms with Crippen LogP contribution in [0.15, 0.2) is 23.8 Å². The molecule has 0 bridgehead atoms. The molecule has 4 rings (SSSR count). The van der Waals surface area contributed by atoms with E-state index in [1.807, 2.05) is 6.92 Å². The van der Waals surface area contributed by atoms with E-state index in [0.29, 0.717) is 12.0 Å². The van der Waals surface area contributed by atoms with Crippen LogP contribution in [0.25, 0.3) is 0 Å². The van der Waals surface area contributed by atoms with E-state index in [0.717, 1.165) is 7.11 Å². The zero-order chi connectivity index (χ0) is 26.5. The summed E-state index contributed by atoms with van der Waals surface area (Å²) in [4.78, 5) is 49.6. The smallest absolute Gasteiger partial charge is 0.438 e. The quantitative estimate of drug-likeness (QED) is 0.556. The van der Waals surface area contributed by atoms with Crippen LogP contribution in [0.5, 0.6) is 0 Å². The van der Waals surface area contributed by atoms with Gasteiger partial charge in [0.25, 0.3) is 0 Å². The molecule has 1 N–H and O–H groups in total. The summed E-state index contributed by atoms with van der Waals surface area (Å²) < 4.78 is 35.6. The van der Waals surface area contributed by atoms with Crippen molar-refractivity contribution in [2.45, 2.75) is 64.3 Å². The Kier molecular flexibility index (Phi) is 6.79. The highest BCUT2D eigenvalue weighted by molar-refractivity contribution is 6.01.